The summed E-state index contributed by atoms with van der Waals surface area (Å²) < 4.78 is 53.0. The maximum Gasteiger partial charge on any atom is 0.330 e. The van der Waals surface area contributed by atoms with Crippen LogP contribution in [0.15, 0.2) is 46.7 Å². The van der Waals surface area contributed by atoms with Crippen LogP contribution in [-0.2, 0) is 10.0 Å². The first-order valence-electron chi connectivity index (χ1n) is 9.30. The topological polar surface area (TPSA) is 96.6 Å². The van der Waals surface area contributed by atoms with Crippen LogP contribution in [0.2, 0.25) is 0 Å². The zero-order valence-corrected chi connectivity index (χ0v) is 18.0. The van der Waals surface area contributed by atoms with Gasteiger partial charge in [-0.25, -0.2) is 32.1 Å². The van der Waals surface area contributed by atoms with Crippen molar-refractivity contribution in [3.63, 3.8) is 0 Å². The number of carbonyl (C=O) groups is 1. The summed E-state index contributed by atoms with van der Waals surface area (Å²) >= 11 is 0.768. The predicted molar refractivity (Wildman–Crippen MR) is 115 cm³/mol. The third kappa shape index (κ3) is 4.03. The van der Waals surface area contributed by atoms with E-state index in [1.807, 2.05) is 0 Å². The third-order valence-corrected chi connectivity index (χ3v) is 7.60. The maximum atomic E-state index is 14.9. The molecular formula is C20H18F2N4O3S2. The maximum absolute atomic E-state index is 14.9. The van der Waals surface area contributed by atoms with Gasteiger partial charge in [0.15, 0.2) is 9.34 Å². The number of nitrogens with two attached hydrogens (primary N) is 1. The summed E-state index contributed by atoms with van der Waals surface area (Å²) in [5.74, 6) is -1.40. The molecule has 2 aromatic carbocycles. The van der Waals surface area contributed by atoms with Gasteiger partial charge in [0.1, 0.15) is 11.6 Å². The normalized spacial score (nSPS) is 14.9. The quantitative estimate of drug-likeness (QED) is 0.634. The van der Waals surface area contributed by atoms with E-state index < -0.39 is 27.7 Å². The SMILES string of the molecule is Cc1nc(N2CCCN(c3cc(F)c(-c4ccccc4)cc3F)C2=O)sc1S(N)(=O)=O. The Morgan fingerprint density at radius 2 is 1.74 bits per heavy atom. The van der Waals surface area contributed by atoms with Gasteiger partial charge in [-0.2, -0.15) is 0 Å². The van der Waals surface area contributed by atoms with Crippen molar-refractivity contribution < 1.29 is 22.0 Å². The number of nitrogens with zero attached hydrogens (tertiary/aromatic N) is 3. The predicted octanol–water partition coefficient (Wildman–Crippen LogP) is 3.88. The lowest BCUT2D eigenvalue weighted by atomic mass is 10.0. The summed E-state index contributed by atoms with van der Waals surface area (Å²) in [7, 11) is -3.98. The molecule has 2 heterocycles. The number of thiazole rings is 1. The van der Waals surface area contributed by atoms with Crippen LogP contribution >= 0.6 is 11.3 Å². The summed E-state index contributed by atoms with van der Waals surface area (Å²) in [6.45, 7) is 1.92. The number of hydrogen-bond acceptors (Lipinski definition) is 5. The molecule has 162 valence electrons. The minimum absolute atomic E-state index is 0.0940. The minimum Gasteiger partial charge on any atom is -0.291 e. The van der Waals surface area contributed by atoms with E-state index in [4.69, 9.17) is 5.14 Å². The van der Waals surface area contributed by atoms with Crippen LogP contribution in [0, 0.1) is 18.6 Å². The number of hydrogen-bond donors (Lipinski definition) is 1. The Bertz CT molecular complexity index is 1260. The molecule has 0 atom stereocenters. The van der Waals surface area contributed by atoms with Gasteiger partial charge < -0.3 is 0 Å². The zero-order valence-electron chi connectivity index (χ0n) is 16.4. The van der Waals surface area contributed by atoms with Crippen LogP contribution in [0.4, 0.5) is 24.4 Å². The van der Waals surface area contributed by atoms with Gasteiger partial charge in [0.2, 0.25) is 10.0 Å². The number of anilines is 2. The number of aryl methyl sites for hydroxylation is 1. The lowest BCUT2D eigenvalue weighted by Crippen LogP contribution is -2.50. The van der Waals surface area contributed by atoms with E-state index in [1.165, 1.54) is 11.8 Å². The van der Waals surface area contributed by atoms with Crippen molar-refractivity contribution in [3.8, 4) is 11.1 Å². The zero-order chi connectivity index (χ0) is 22.3. The van der Waals surface area contributed by atoms with Crippen LogP contribution < -0.4 is 14.9 Å². The van der Waals surface area contributed by atoms with Gasteiger partial charge in [-0.15, -0.1) is 0 Å². The molecule has 1 saturated heterocycles. The van der Waals surface area contributed by atoms with E-state index in [9.17, 15) is 22.0 Å². The molecule has 11 heteroatoms. The number of halogens is 2. The molecule has 1 aromatic heterocycles. The Hall–Kier alpha value is -2.89. The van der Waals surface area contributed by atoms with Gasteiger partial charge in [0, 0.05) is 24.7 Å². The summed E-state index contributed by atoms with van der Waals surface area (Å²) in [5, 5.41) is 5.33. The molecule has 0 bridgehead atoms. The summed E-state index contributed by atoms with van der Waals surface area (Å²) in [6.07, 6.45) is 0.455. The van der Waals surface area contributed by atoms with E-state index in [1.54, 1.807) is 30.3 Å². The number of urea groups is 1. The molecule has 2 amide bonds. The second-order valence-electron chi connectivity index (χ2n) is 7.00. The minimum atomic E-state index is -3.98. The first kappa shape index (κ1) is 21.3. The monoisotopic (exact) mass is 464 g/mol. The molecule has 0 unspecified atom stereocenters. The number of aromatic nitrogens is 1. The molecule has 2 N–H and O–H groups in total. The molecule has 0 radical (unpaired) electrons. The number of benzene rings is 2. The van der Waals surface area contributed by atoms with E-state index in [0.29, 0.717) is 12.0 Å². The fourth-order valence-corrected chi connectivity index (χ4v) is 5.42. The number of primary sulfonamides is 1. The molecule has 0 spiro atoms. The average Bonchev–Trinajstić information content (AvgIpc) is 3.12. The van der Waals surface area contributed by atoms with Crippen LogP contribution in [0.25, 0.3) is 11.1 Å². The van der Waals surface area contributed by atoms with Crippen molar-refractivity contribution in [2.24, 2.45) is 5.14 Å². The Balaban J connectivity index is 1.68. The number of amides is 2. The van der Waals surface area contributed by atoms with E-state index >= 15 is 0 Å². The Kier molecular flexibility index (Phi) is 5.50. The molecule has 1 aliphatic heterocycles. The summed E-state index contributed by atoms with van der Waals surface area (Å²) in [6, 6.07) is 10.00. The molecule has 31 heavy (non-hydrogen) atoms. The van der Waals surface area contributed by atoms with Crippen molar-refractivity contribution in [3.05, 3.63) is 59.8 Å². The smallest absolute Gasteiger partial charge is 0.291 e. The molecule has 0 aliphatic carbocycles. The highest BCUT2D eigenvalue weighted by Gasteiger charge is 2.33. The molecular weight excluding hydrogens is 446 g/mol. The van der Waals surface area contributed by atoms with E-state index in [0.717, 1.165) is 28.4 Å². The van der Waals surface area contributed by atoms with Gasteiger partial charge in [-0.3, -0.25) is 9.80 Å². The van der Waals surface area contributed by atoms with Gasteiger partial charge >= 0.3 is 6.03 Å². The van der Waals surface area contributed by atoms with Crippen molar-refractivity contribution in [2.45, 2.75) is 17.6 Å². The molecule has 4 rings (SSSR count). The molecule has 1 aliphatic rings. The molecule has 0 saturated carbocycles. The van der Waals surface area contributed by atoms with Gasteiger partial charge in [0.05, 0.1) is 11.4 Å². The highest BCUT2D eigenvalue weighted by atomic mass is 32.2. The summed E-state index contributed by atoms with van der Waals surface area (Å²) in [4.78, 5) is 19.6. The Morgan fingerprint density at radius 1 is 1.06 bits per heavy atom. The standard InChI is InChI=1S/C20H18F2N4O3S2/c1-12-18(31(23,28)29)30-19(24-12)26-9-5-8-25(20(26)27)17-11-15(21)14(10-16(17)22)13-6-3-2-4-7-13/h2-4,6-7,10-11H,5,8-9H2,1H3,(H2,23,28,29). The Labute approximate surface area is 181 Å². The van der Waals surface area contributed by atoms with Crippen LogP contribution in [0.5, 0.6) is 0 Å². The molecule has 7 nitrogen and oxygen atoms in total. The fourth-order valence-electron chi connectivity index (χ4n) is 3.46. The van der Waals surface area contributed by atoms with Crippen molar-refractivity contribution in [1.29, 1.82) is 0 Å². The first-order chi connectivity index (χ1) is 14.7. The van der Waals surface area contributed by atoms with E-state index in [-0.39, 0.29) is 39.4 Å². The number of rotatable bonds is 4. The van der Waals surface area contributed by atoms with Crippen molar-refractivity contribution in [2.75, 3.05) is 22.9 Å². The van der Waals surface area contributed by atoms with Gasteiger partial charge in [0.25, 0.3) is 0 Å². The lowest BCUT2D eigenvalue weighted by Gasteiger charge is -2.34. The number of carbonyl (C=O) groups excluding carboxylic acids is 1. The second kappa shape index (κ2) is 7.98. The van der Waals surface area contributed by atoms with Gasteiger partial charge in [-0.1, -0.05) is 41.7 Å². The van der Waals surface area contributed by atoms with Crippen molar-refractivity contribution >= 4 is 38.2 Å². The van der Waals surface area contributed by atoms with Gasteiger partial charge in [-0.05, 0) is 25.0 Å². The van der Waals surface area contributed by atoms with E-state index in [2.05, 4.69) is 4.98 Å². The first-order valence-corrected chi connectivity index (χ1v) is 11.7. The highest BCUT2D eigenvalue weighted by molar-refractivity contribution is 7.91. The van der Waals surface area contributed by atoms with Crippen LogP contribution in [0.3, 0.4) is 0 Å². The molecule has 1 fully saturated rings. The molecule has 3 aromatic rings. The average molecular weight is 465 g/mol. The number of sulfonamides is 1. The Morgan fingerprint density at radius 3 is 2.39 bits per heavy atom. The third-order valence-electron chi connectivity index (χ3n) is 4.87. The fraction of sp³-hybridized carbons (Fsp3) is 0.200. The highest BCUT2D eigenvalue weighted by Crippen LogP contribution is 2.34. The lowest BCUT2D eigenvalue weighted by molar-refractivity contribution is 0.248. The summed E-state index contributed by atoms with van der Waals surface area (Å²) in [5.41, 5.74) is 0.603. The second-order valence-corrected chi connectivity index (χ2v) is 9.74. The van der Waals surface area contributed by atoms with Crippen LogP contribution in [0.1, 0.15) is 12.1 Å². The van der Waals surface area contributed by atoms with Crippen LogP contribution in [-0.4, -0.2) is 32.5 Å². The largest absolute Gasteiger partial charge is 0.330 e. The van der Waals surface area contributed by atoms with Crippen molar-refractivity contribution in [1.82, 2.24) is 4.98 Å².